The third-order valence-electron chi connectivity index (χ3n) is 3.43. The average molecular weight is 325 g/mol. The molecule has 124 valence electrons. The maximum absolute atomic E-state index is 12.1. The van der Waals surface area contributed by atoms with Crippen LogP contribution in [0.1, 0.15) is 26.3 Å². The number of hydrogen-bond donors (Lipinski definition) is 2. The van der Waals surface area contributed by atoms with Gasteiger partial charge < -0.3 is 4.90 Å². The number of amides is 2. The third kappa shape index (κ3) is 4.19. The average Bonchev–Trinajstić information content (AvgIpc) is 2.59. The lowest BCUT2D eigenvalue weighted by Crippen LogP contribution is -2.44. The monoisotopic (exact) mass is 325 g/mol. The van der Waals surface area contributed by atoms with Gasteiger partial charge in [0.15, 0.2) is 0 Å². The second kappa shape index (κ2) is 7.41. The highest BCUT2D eigenvalue weighted by molar-refractivity contribution is 6.42. The highest BCUT2D eigenvalue weighted by atomic mass is 16.2. The number of carbonyl (C=O) groups excluding carboxylic acids is 3. The minimum Gasteiger partial charge on any atom is -0.378 e. The number of nitrogens with one attached hydrogen (secondary N) is 2. The molecule has 24 heavy (non-hydrogen) atoms. The summed E-state index contributed by atoms with van der Waals surface area (Å²) >= 11 is 0. The summed E-state index contributed by atoms with van der Waals surface area (Å²) in [5, 5.41) is 0. The lowest BCUT2D eigenvalue weighted by Gasteiger charge is -2.13. The third-order valence-corrected chi connectivity index (χ3v) is 3.43. The van der Waals surface area contributed by atoms with Gasteiger partial charge in [-0.1, -0.05) is 35.9 Å². The van der Waals surface area contributed by atoms with E-state index in [1.165, 1.54) is 0 Å². The first kappa shape index (κ1) is 17.2. The van der Waals surface area contributed by atoms with Crippen molar-refractivity contribution >= 4 is 23.3 Å². The molecule has 0 aliphatic carbocycles. The van der Waals surface area contributed by atoms with Crippen molar-refractivity contribution in [1.29, 1.82) is 0 Å². The topological polar surface area (TPSA) is 78.5 Å². The molecule has 0 saturated heterocycles. The van der Waals surface area contributed by atoms with Gasteiger partial charge in [-0.05, 0) is 25.1 Å². The lowest BCUT2D eigenvalue weighted by molar-refractivity contribution is -0.117. The Labute approximate surface area is 140 Å². The maximum atomic E-state index is 12.1. The van der Waals surface area contributed by atoms with Crippen molar-refractivity contribution in [3.8, 4) is 0 Å². The smallest absolute Gasteiger partial charge is 0.310 e. The molecule has 0 aliphatic heterocycles. The molecule has 6 nitrogen and oxygen atoms in total. The summed E-state index contributed by atoms with van der Waals surface area (Å²) in [6.45, 7) is 1.89. The van der Waals surface area contributed by atoms with E-state index < -0.39 is 17.6 Å². The summed E-state index contributed by atoms with van der Waals surface area (Å²) < 4.78 is 0. The Morgan fingerprint density at radius 1 is 0.875 bits per heavy atom. The first-order valence-corrected chi connectivity index (χ1v) is 7.37. The van der Waals surface area contributed by atoms with Crippen molar-refractivity contribution in [3.63, 3.8) is 0 Å². The standard InChI is InChI=1S/C18H19N3O3/c1-12-7-9-13(10-8-12)16(22)18(24)20-19-17(23)14-5-4-6-15(11-14)21(2)3/h4-11H,1-3H3,(H,19,23)(H,20,24). The number of benzene rings is 2. The van der Waals surface area contributed by atoms with E-state index in [9.17, 15) is 14.4 Å². The van der Waals surface area contributed by atoms with Crippen molar-refractivity contribution in [2.75, 3.05) is 19.0 Å². The van der Waals surface area contributed by atoms with Gasteiger partial charge in [0.2, 0.25) is 0 Å². The Bertz CT molecular complexity index is 767. The Balaban J connectivity index is 1.98. The fourth-order valence-corrected chi connectivity index (χ4v) is 2.00. The first-order valence-electron chi connectivity index (χ1n) is 7.37. The van der Waals surface area contributed by atoms with Gasteiger partial charge in [0.25, 0.3) is 11.7 Å². The van der Waals surface area contributed by atoms with Crippen LogP contribution in [-0.2, 0) is 4.79 Å². The lowest BCUT2D eigenvalue weighted by atomic mass is 10.1. The molecule has 2 rings (SSSR count). The number of ketones is 1. The van der Waals surface area contributed by atoms with Crippen LogP contribution in [0, 0.1) is 6.92 Å². The fourth-order valence-electron chi connectivity index (χ4n) is 2.00. The predicted molar refractivity (Wildman–Crippen MR) is 91.9 cm³/mol. The van der Waals surface area contributed by atoms with Gasteiger partial charge in [0.1, 0.15) is 0 Å². The van der Waals surface area contributed by atoms with Crippen LogP contribution in [0.25, 0.3) is 0 Å². The van der Waals surface area contributed by atoms with Gasteiger partial charge in [-0.25, -0.2) is 0 Å². The van der Waals surface area contributed by atoms with E-state index in [1.807, 2.05) is 32.0 Å². The summed E-state index contributed by atoms with van der Waals surface area (Å²) in [5.74, 6) is -2.10. The fraction of sp³-hybridized carbons (Fsp3) is 0.167. The molecular formula is C18H19N3O3. The largest absolute Gasteiger partial charge is 0.378 e. The second-order valence-electron chi connectivity index (χ2n) is 5.55. The van der Waals surface area contributed by atoms with Gasteiger partial charge in [-0.2, -0.15) is 0 Å². The Morgan fingerprint density at radius 2 is 1.54 bits per heavy atom. The molecule has 0 spiro atoms. The summed E-state index contributed by atoms with van der Waals surface area (Å²) in [6, 6.07) is 13.5. The molecule has 2 aromatic rings. The number of aryl methyl sites for hydroxylation is 1. The number of hydrazine groups is 1. The number of carbonyl (C=O) groups is 3. The summed E-state index contributed by atoms with van der Waals surface area (Å²) in [6.07, 6.45) is 0. The van der Waals surface area contributed by atoms with Gasteiger partial charge in [0.05, 0.1) is 0 Å². The molecule has 2 amide bonds. The highest BCUT2D eigenvalue weighted by Gasteiger charge is 2.17. The normalized spacial score (nSPS) is 9.96. The molecule has 6 heteroatoms. The highest BCUT2D eigenvalue weighted by Crippen LogP contribution is 2.13. The quantitative estimate of drug-likeness (QED) is 0.509. The molecule has 0 unspecified atom stereocenters. The van der Waals surface area contributed by atoms with E-state index in [1.54, 1.807) is 42.5 Å². The molecule has 0 heterocycles. The molecule has 0 aliphatic rings. The number of hydrogen-bond acceptors (Lipinski definition) is 4. The van der Waals surface area contributed by atoms with Crippen molar-refractivity contribution in [2.45, 2.75) is 6.92 Å². The SMILES string of the molecule is Cc1ccc(C(=O)C(=O)NNC(=O)c2cccc(N(C)C)c2)cc1. The molecule has 0 fully saturated rings. The molecule has 0 saturated carbocycles. The van der Waals surface area contributed by atoms with Crippen LogP contribution in [0.4, 0.5) is 5.69 Å². The summed E-state index contributed by atoms with van der Waals surface area (Å²) in [4.78, 5) is 37.8. The summed E-state index contributed by atoms with van der Waals surface area (Å²) in [5.41, 5.74) is 6.87. The van der Waals surface area contributed by atoms with Crippen LogP contribution in [0.3, 0.4) is 0 Å². The van der Waals surface area contributed by atoms with Crippen LogP contribution >= 0.6 is 0 Å². The Kier molecular flexibility index (Phi) is 5.31. The number of anilines is 1. The zero-order valence-electron chi connectivity index (χ0n) is 13.8. The van der Waals surface area contributed by atoms with Gasteiger partial charge in [0, 0.05) is 30.9 Å². The number of nitrogens with zero attached hydrogens (tertiary/aromatic N) is 1. The second-order valence-corrected chi connectivity index (χ2v) is 5.55. The minimum absolute atomic E-state index is 0.266. The summed E-state index contributed by atoms with van der Waals surface area (Å²) in [7, 11) is 3.72. The van der Waals surface area contributed by atoms with E-state index in [-0.39, 0.29) is 5.56 Å². The van der Waals surface area contributed by atoms with Gasteiger partial charge >= 0.3 is 5.91 Å². The van der Waals surface area contributed by atoms with Gasteiger partial charge in [-0.15, -0.1) is 0 Å². The maximum Gasteiger partial charge on any atom is 0.310 e. The molecule has 2 N–H and O–H groups in total. The zero-order chi connectivity index (χ0) is 17.7. The number of Topliss-reactive ketones (excluding diaryl/α,β-unsaturated/α-hetero) is 1. The van der Waals surface area contributed by atoms with Crippen LogP contribution < -0.4 is 15.8 Å². The molecule has 2 aromatic carbocycles. The number of rotatable bonds is 4. The molecule has 0 radical (unpaired) electrons. The molecular weight excluding hydrogens is 306 g/mol. The van der Waals surface area contributed by atoms with Crippen molar-refractivity contribution in [2.24, 2.45) is 0 Å². The van der Waals surface area contributed by atoms with E-state index in [0.29, 0.717) is 5.56 Å². The minimum atomic E-state index is -0.893. The van der Waals surface area contributed by atoms with Crippen LogP contribution in [0.2, 0.25) is 0 Å². The van der Waals surface area contributed by atoms with Crippen LogP contribution in [0.15, 0.2) is 48.5 Å². The van der Waals surface area contributed by atoms with Crippen molar-refractivity contribution < 1.29 is 14.4 Å². The first-order chi connectivity index (χ1) is 11.4. The van der Waals surface area contributed by atoms with E-state index >= 15 is 0 Å². The van der Waals surface area contributed by atoms with Crippen LogP contribution in [0.5, 0.6) is 0 Å². The molecule has 0 aromatic heterocycles. The zero-order valence-corrected chi connectivity index (χ0v) is 13.8. The van der Waals surface area contributed by atoms with Crippen molar-refractivity contribution in [1.82, 2.24) is 10.9 Å². The Morgan fingerprint density at radius 3 is 2.17 bits per heavy atom. The molecule has 0 bridgehead atoms. The van der Waals surface area contributed by atoms with Gasteiger partial charge in [-0.3, -0.25) is 25.2 Å². The molecule has 0 atom stereocenters. The van der Waals surface area contributed by atoms with Crippen LogP contribution in [-0.4, -0.2) is 31.7 Å². The predicted octanol–water partition coefficient (Wildman–Crippen LogP) is 1.70. The Hall–Kier alpha value is -3.15. The van der Waals surface area contributed by atoms with E-state index in [2.05, 4.69) is 10.9 Å². The van der Waals surface area contributed by atoms with E-state index in [4.69, 9.17) is 0 Å². The van der Waals surface area contributed by atoms with Crippen molar-refractivity contribution in [3.05, 3.63) is 65.2 Å². The van der Waals surface area contributed by atoms with E-state index in [0.717, 1.165) is 11.3 Å².